The molecule has 0 saturated heterocycles. The van der Waals surface area contributed by atoms with E-state index in [-0.39, 0.29) is 5.41 Å². The van der Waals surface area contributed by atoms with Crippen LogP contribution in [0.4, 0.5) is 45.5 Å². The Hall–Kier alpha value is -6.84. The largest absolute Gasteiger partial charge is 0.341 e. The van der Waals surface area contributed by atoms with Gasteiger partial charge in [0.25, 0.3) is 0 Å². The zero-order chi connectivity index (χ0) is 38.1. The Kier molecular flexibility index (Phi) is 7.72. The van der Waals surface area contributed by atoms with Crippen molar-refractivity contribution in [3.05, 3.63) is 204 Å². The standard InChI is InChI=1S/C54H43N3/c1-54(2)46-35-37(29-32-43(46)44-33-31-41(36-47(44)54)55-34-14-17-39-15-6-7-22-48(39)55)28-30-38-16-12-21-45-42(38)20-13-27-49(45)57-52-25-10-8-23-50(52)56(40-18-4-3-5-19-40)51-24-9-11-26-53(51)57/h3-13,15-16,18-33,35-36H,14,17,34H2,1-2H3. The first-order valence-corrected chi connectivity index (χ1v) is 20.2. The zero-order valence-corrected chi connectivity index (χ0v) is 32.4. The highest BCUT2D eigenvalue weighted by Gasteiger charge is 2.36. The molecular weight excluding hydrogens is 691 g/mol. The number of benzene rings is 8. The molecule has 0 amide bonds. The molecule has 57 heavy (non-hydrogen) atoms. The van der Waals surface area contributed by atoms with Crippen LogP contribution in [-0.2, 0) is 11.8 Å². The molecule has 0 fully saturated rings. The summed E-state index contributed by atoms with van der Waals surface area (Å²) in [4.78, 5) is 7.34. The van der Waals surface area contributed by atoms with E-state index in [4.69, 9.17) is 0 Å². The molecule has 0 unspecified atom stereocenters. The number of para-hydroxylation sites is 6. The van der Waals surface area contributed by atoms with E-state index in [1.165, 1.54) is 73.2 Å². The van der Waals surface area contributed by atoms with Crippen molar-refractivity contribution in [3.63, 3.8) is 0 Å². The molecule has 2 heterocycles. The van der Waals surface area contributed by atoms with Crippen LogP contribution in [0.1, 0.15) is 48.1 Å². The molecule has 0 spiro atoms. The predicted molar refractivity (Wildman–Crippen MR) is 242 cm³/mol. The van der Waals surface area contributed by atoms with E-state index < -0.39 is 0 Å². The van der Waals surface area contributed by atoms with E-state index >= 15 is 0 Å². The molecule has 0 radical (unpaired) electrons. The average molecular weight is 734 g/mol. The molecular formula is C54H43N3. The fourth-order valence-corrected chi connectivity index (χ4v) is 9.72. The molecule has 0 N–H and O–H groups in total. The normalized spacial score (nSPS) is 14.9. The van der Waals surface area contributed by atoms with Crippen molar-refractivity contribution in [3.8, 4) is 11.1 Å². The molecule has 274 valence electrons. The lowest BCUT2D eigenvalue weighted by atomic mass is 9.81. The Balaban J connectivity index is 0.945. The average Bonchev–Trinajstić information content (AvgIpc) is 3.49. The third-order valence-electron chi connectivity index (χ3n) is 12.5. The van der Waals surface area contributed by atoms with Crippen LogP contribution < -0.4 is 14.7 Å². The Bertz CT molecular complexity index is 2840. The number of hydrogen-bond acceptors (Lipinski definition) is 3. The third kappa shape index (κ3) is 5.33. The summed E-state index contributed by atoms with van der Waals surface area (Å²) in [6, 6.07) is 64.7. The van der Waals surface area contributed by atoms with Crippen molar-refractivity contribution in [1.82, 2.24) is 0 Å². The molecule has 0 saturated carbocycles. The lowest BCUT2D eigenvalue weighted by Crippen LogP contribution is -2.25. The van der Waals surface area contributed by atoms with E-state index in [2.05, 4.69) is 217 Å². The highest BCUT2D eigenvalue weighted by atomic mass is 15.3. The Labute approximate surface area is 335 Å². The van der Waals surface area contributed by atoms with Gasteiger partial charge in [0.15, 0.2) is 0 Å². The topological polar surface area (TPSA) is 9.72 Å². The van der Waals surface area contributed by atoms with Gasteiger partial charge in [-0.15, -0.1) is 0 Å². The van der Waals surface area contributed by atoms with Gasteiger partial charge in [-0.2, -0.15) is 0 Å². The molecule has 8 aromatic rings. The summed E-state index contributed by atoms with van der Waals surface area (Å²) in [6.45, 7) is 5.84. The monoisotopic (exact) mass is 733 g/mol. The molecule has 11 rings (SSSR count). The van der Waals surface area contributed by atoms with Gasteiger partial charge < -0.3 is 14.7 Å². The fraction of sp³-hybridized carbons (Fsp3) is 0.111. The first kappa shape index (κ1) is 33.5. The summed E-state index contributed by atoms with van der Waals surface area (Å²) in [6.07, 6.45) is 6.92. The maximum absolute atomic E-state index is 2.52. The van der Waals surface area contributed by atoms with Crippen molar-refractivity contribution in [1.29, 1.82) is 0 Å². The van der Waals surface area contributed by atoms with Gasteiger partial charge >= 0.3 is 0 Å². The Morgan fingerprint density at radius 3 is 1.81 bits per heavy atom. The second-order valence-electron chi connectivity index (χ2n) is 16.1. The minimum Gasteiger partial charge on any atom is -0.341 e. The predicted octanol–water partition coefficient (Wildman–Crippen LogP) is 14.7. The van der Waals surface area contributed by atoms with Gasteiger partial charge in [0.1, 0.15) is 0 Å². The first-order chi connectivity index (χ1) is 28.0. The van der Waals surface area contributed by atoms with Crippen LogP contribution in [0.15, 0.2) is 176 Å². The van der Waals surface area contributed by atoms with Crippen LogP contribution in [0.3, 0.4) is 0 Å². The molecule has 0 atom stereocenters. The molecule has 3 heteroatoms. The van der Waals surface area contributed by atoms with Crippen LogP contribution in [0.5, 0.6) is 0 Å². The number of hydrogen-bond donors (Lipinski definition) is 0. The van der Waals surface area contributed by atoms with E-state index in [1.54, 1.807) is 0 Å². The summed E-state index contributed by atoms with van der Waals surface area (Å²) < 4.78 is 0. The number of nitrogens with zero attached hydrogens (tertiary/aromatic N) is 3. The minimum absolute atomic E-state index is 0.106. The van der Waals surface area contributed by atoms with Gasteiger partial charge in [-0.1, -0.05) is 141 Å². The number of rotatable bonds is 5. The van der Waals surface area contributed by atoms with Crippen LogP contribution in [-0.4, -0.2) is 6.54 Å². The molecule has 0 bridgehead atoms. The number of fused-ring (bicyclic) bond motifs is 7. The van der Waals surface area contributed by atoms with E-state index in [0.717, 1.165) is 41.4 Å². The van der Waals surface area contributed by atoms with Crippen molar-refractivity contribution >= 4 is 68.4 Å². The second kappa shape index (κ2) is 13.1. The van der Waals surface area contributed by atoms with Gasteiger partial charge in [-0.05, 0) is 118 Å². The summed E-state index contributed by atoms with van der Waals surface area (Å²) in [5, 5.41) is 2.45. The number of aryl methyl sites for hydroxylation is 1. The maximum atomic E-state index is 2.52. The van der Waals surface area contributed by atoms with E-state index in [1.807, 2.05) is 0 Å². The van der Waals surface area contributed by atoms with Crippen LogP contribution in [0.2, 0.25) is 0 Å². The van der Waals surface area contributed by atoms with Gasteiger partial charge in [-0.25, -0.2) is 0 Å². The molecule has 8 aromatic carbocycles. The number of anilines is 8. The summed E-state index contributed by atoms with van der Waals surface area (Å²) in [5.41, 5.74) is 18.9. The molecule has 1 aliphatic carbocycles. The van der Waals surface area contributed by atoms with E-state index in [0.29, 0.717) is 0 Å². The molecule has 3 aliphatic rings. The zero-order valence-electron chi connectivity index (χ0n) is 32.4. The lowest BCUT2D eigenvalue weighted by molar-refractivity contribution is 0.659. The third-order valence-corrected chi connectivity index (χ3v) is 12.5. The summed E-state index contributed by atoms with van der Waals surface area (Å²) in [5.74, 6) is 0. The van der Waals surface area contributed by atoms with Crippen molar-refractivity contribution < 1.29 is 0 Å². The van der Waals surface area contributed by atoms with Crippen LogP contribution in [0, 0.1) is 0 Å². The maximum Gasteiger partial charge on any atom is 0.0703 e. The van der Waals surface area contributed by atoms with E-state index in [9.17, 15) is 0 Å². The summed E-state index contributed by atoms with van der Waals surface area (Å²) >= 11 is 0. The molecule has 2 aliphatic heterocycles. The molecule has 3 nitrogen and oxygen atoms in total. The first-order valence-electron chi connectivity index (χ1n) is 20.2. The van der Waals surface area contributed by atoms with Gasteiger partial charge in [0.2, 0.25) is 0 Å². The lowest BCUT2D eigenvalue weighted by Gasteiger charge is -2.40. The van der Waals surface area contributed by atoms with Crippen molar-refractivity contribution in [2.75, 3.05) is 21.2 Å². The Morgan fingerprint density at radius 2 is 1.05 bits per heavy atom. The fourth-order valence-electron chi connectivity index (χ4n) is 9.72. The SMILES string of the molecule is CC1(C)c2cc(C=Cc3cccc4c(N5c6ccccc6N(c6ccccc6)c6ccccc65)cccc34)ccc2-c2ccc(N3CCCc4ccccc43)cc21. The second-order valence-corrected chi connectivity index (χ2v) is 16.1. The van der Waals surface area contributed by atoms with Gasteiger partial charge in [-0.3, -0.25) is 0 Å². The summed E-state index contributed by atoms with van der Waals surface area (Å²) in [7, 11) is 0. The van der Waals surface area contributed by atoms with Crippen LogP contribution in [0.25, 0.3) is 34.1 Å². The molecule has 0 aromatic heterocycles. The van der Waals surface area contributed by atoms with Gasteiger partial charge in [0.05, 0.1) is 28.4 Å². The quantitative estimate of drug-likeness (QED) is 0.163. The minimum atomic E-state index is -0.106. The highest BCUT2D eigenvalue weighted by Crippen LogP contribution is 2.55. The van der Waals surface area contributed by atoms with Crippen LogP contribution >= 0.6 is 0 Å². The van der Waals surface area contributed by atoms with Crippen molar-refractivity contribution in [2.24, 2.45) is 0 Å². The Morgan fingerprint density at radius 1 is 0.456 bits per heavy atom. The smallest absolute Gasteiger partial charge is 0.0703 e. The van der Waals surface area contributed by atoms with Crippen molar-refractivity contribution in [2.45, 2.75) is 32.1 Å². The highest BCUT2D eigenvalue weighted by molar-refractivity contribution is 6.08. The van der Waals surface area contributed by atoms with Gasteiger partial charge in [0, 0.05) is 34.4 Å².